The highest BCUT2D eigenvalue weighted by Gasteiger charge is 2.27. The molecule has 0 aliphatic heterocycles. The lowest BCUT2D eigenvalue weighted by Crippen LogP contribution is -2.37. The Balaban J connectivity index is 4.07. The van der Waals surface area contributed by atoms with Crippen LogP contribution in [-0.4, -0.2) is 74.9 Å². The monoisotopic (exact) mass is 879 g/mol. The number of phosphoric ester groups is 1. The van der Waals surface area contributed by atoms with E-state index in [4.69, 9.17) is 18.5 Å². The van der Waals surface area contributed by atoms with Crippen LogP contribution in [0.25, 0.3) is 0 Å². The van der Waals surface area contributed by atoms with E-state index in [0.717, 1.165) is 70.6 Å². The maximum atomic E-state index is 12.7. The molecular weight excluding hydrogens is 786 g/mol. The van der Waals surface area contributed by atoms with Gasteiger partial charge in [-0.05, 0) is 57.8 Å². The molecule has 10 heteroatoms. The van der Waals surface area contributed by atoms with Crippen LogP contribution < -0.4 is 0 Å². The maximum absolute atomic E-state index is 12.7. The summed E-state index contributed by atoms with van der Waals surface area (Å²) in [4.78, 5) is 35.3. The number of allylic oxidation sites excluding steroid dienone is 10. The van der Waals surface area contributed by atoms with Crippen LogP contribution in [0.4, 0.5) is 0 Å². The Hall–Kier alpha value is -2.29. The molecule has 0 aromatic carbocycles. The number of hydrogen-bond acceptors (Lipinski definition) is 7. The van der Waals surface area contributed by atoms with Crippen molar-refractivity contribution in [3.05, 3.63) is 60.8 Å². The first-order valence-electron chi connectivity index (χ1n) is 24.5. The third-order valence-corrected chi connectivity index (χ3v) is 11.3. The van der Waals surface area contributed by atoms with Gasteiger partial charge < -0.3 is 18.9 Å². The van der Waals surface area contributed by atoms with Crippen molar-refractivity contribution in [2.75, 3.05) is 47.5 Å². The third kappa shape index (κ3) is 47.0. The zero-order chi connectivity index (χ0) is 45.0. The van der Waals surface area contributed by atoms with Crippen LogP contribution in [0.3, 0.4) is 0 Å². The van der Waals surface area contributed by atoms with E-state index >= 15 is 0 Å². The van der Waals surface area contributed by atoms with Gasteiger partial charge in [-0.25, -0.2) is 4.57 Å². The second-order valence-corrected chi connectivity index (χ2v) is 18.9. The molecule has 0 spiro atoms. The van der Waals surface area contributed by atoms with Gasteiger partial charge in [-0.15, -0.1) is 0 Å². The molecule has 0 radical (unpaired) electrons. The Bertz CT molecular complexity index is 1220. The van der Waals surface area contributed by atoms with Crippen LogP contribution in [0.1, 0.15) is 200 Å². The molecule has 9 nitrogen and oxygen atoms in total. The normalized spacial score (nSPS) is 14.0. The summed E-state index contributed by atoms with van der Waals surface area (Å²) in [5, 5.41) is 0. The molecule has 0 bridgehead atoms. The first-order valence-corrected chi connectivity index (χ1v) is 26.0. The molecule has 1 N–H and O–H groups in total. The Morgan fingerprint density at radius 3 is 1.39 bits per heavy atom. The zero-order valence-electron chi connectivity index (χ0n) is 39.9. The largest absolute Gasteiger partial charge is 0.472 e. The molecule has 0 saturated heterocycles. The van der Waals surface area contributed by atoms with Gasteiger partial charge in [0.05, 0.1) is 27.7 Å². The topological polar surface area (TPSA) is 108 Å². The highest BCUT2D eigenvalue weighted by Crippen LogP contribution is 2.43. The molecule has 0 amide bonds. The second kappa shape index (κ2) is 43.0. The van der Waals surface area contributed by atoms with Crippen molar-refractivity contribution >= 4 is 19.8 Å². The summed E-state index contributed by atoms with van der Waals surface area (Å²) >= 11 is 0. The molecule has 0 aromatic heterocycles. The molecule has 0 saturated carbocycles. The molecule has 0 aliphatic rings. The second-order valence-electron chi connectivity index (χ2n) is 17.5. The van der Waals surface area contributed by atoms with Crippen molar-refractivity contribution in [3.8, 4) is 0 Å². The number of ether oxygens (including phenoxy) is 2. The summed E-state index contributed by atoms with van der Waals surface area (Å²) in [6.45, 7) is 4.28. The van der Waals surface area contributed by atoms with Crippen LogP contribution >= 0.6 is 7.82 Å². The average molecular weight is 879 g/mol. The molecule has 0 rings (SSSR count). The van der Waals surface area contributed by atoms with E-state index in [2.05, 4.69) is 74.6 Å². The Kier molecular flexibility index (Phi) is 41.4. The molecule has 354 valence electrons. The molecular formula is C51H93NO8P+. The summed E-state index contributed by atoms with van der Waals surface area (Å²) in [6, 6.07) is 0. The minimum Gasteiger partial charge on any atom is -0.462 e. The Morgan fingerprint density at radius 2 is 0.934 bits per heavy atom. The number of unbranched alkanes of at least 4 members (excludes halogenated alkanes) is 20. The fourth-order valence-electron chi connectivity index (χ4n) is 6.51. The van der Waals surface area contributed by atoms with Gasteiger partial charge in [-0.2, -0.15) is 0 Å². The van der Waals surface area contributed by atoms with E-state index in [1.165, 1.54) is 96.3 Å². The lowest BCUT2D eigenvalue weighted by atomic mass is 10.0. The number of hydrogen-bond donors (Lipinski definition) is 1. The molecule has 0 aliphatic carbocycles. The molecule has 2 atom stereocenters. The van der Waals surface area contributed by atoms with E-state index in [1.807, 2.05) is 21.1 Å². The minimum atomic E-state index is -4.37. The van der Waals surface area contributed by atoms with Crippen molar-refractivity contribution in [1.82, 2.24) is 0 Å². The first-order chi connectivity index (χ1) is 29.5. The van der Waals surface area contributed by atoms with E-state index in [0.29, 0.717) is 17.4 Å². The summed E-state index contributed by atoms with van der Waals surface area (Å²) in [5.74, 6) is -0.803. The summed E-state index contributed by atoms with van der Waals surface area (Å²) in [7, 11) is 1.47. The summed E-state index contributed by atoms with van der Waals surface area (Å²) < 4.78 is 34.3. The number of carbonyl (C=O) groups is 2. The SMILES string of the molecule is CC/C=C\C/C=C\C/C=C\C/C=C\C/C=C\CCCCCCCCCCCCCCCC(=O)OC(COC(=O)CCCCCCCCCC)COP(=O)(O)OCC[N+](C)(C)C. The van der Waals surface area contributed by atoms with E-state index in [9.17, 15) is 19.0 Å². The lowest BCUT2D eigenvalue weighted by molar-refractivity contribution is -0.870. The van der Waals surface area contributed by atoms with Crippen LogP contribution in [0.5, 0.6) is 0 Å². The summed E-state index contributed by atoms with van der Waals surface area (Å²) in [6.07, 6.45) is 53.0. The van der Waals surface area contributed by atoms with Crippen LogP contribution in [0, 0.1) is 0 Å². The number of nitrogens with zero attached hydrogens (tertiary/aromatic N) is 1. The molecule has 0 heterocycles. The number of quaternary nitrogens is 1. The van der Waals surface area contributed by atoms with E-state index in [-0.39, 0.29) is 32.0 Å². The number of likely N-dealkylation sites (N-methyl/N-ethyl adjacent to an activating group) is 1. The quantitative estimate of drug-likeness (QED) is 0.0212. The van der Waals surface area contributed by atoms with E-state index in [1.54, 1.807) is 0 Å². The van der Waals surface area contributed by atoms with Crippen molar-refractivity contribution in [3.63, 3.8) is 0 Å². The fourth-order valence-corrected chi connectivity index (χ4v) is 7.25. The summed E-state index contributed by atoms with van der Waals surface area (Å²) in [5.41, 5.74) is 0. The van der Waals surface area contributed by atoms with Gasteiger partial charge in [0.1, 0.15) is 19.8 Å². The lowest BCUT2D eigenvalue weighted by Gasteiger charge is -2.24. The maximum Gasteiger partial charge on any atom is 0.472 e. The highest BCUT2D eigenvalue weighted by atomic mass is 31.2. The van der Waals surface area contributed by atoms with Crippen LogP contribution in [0.15, 0.2) is 60.8 Å². The zero-order valence-corrected chi connectivity index (χ0v) is 40.8. The molecule has 0 fully saturated rings. The van der Waals surface area contributed by atoms with Crippen molar-refractivity contribution in [2.24, 2.45) is 0 Å². The molecule has 2 unspecified atom stereocenters. The predicted molar refractivity (Wildman–Crippen MR) is 256 cm³/mol. The third-order valence-electron chi connectivity index (χ3n) is 10.3. The smallest absolute Gasteiger partial charge is 0.462 e. The van der Waals surface area contributed by atoms with Gasteiger partial charge >= 0.3 is 19.8 Å². The predicted octanol–water partition coefficient (Wildman–Crippen LogP) is 14.4. The van der Waals surface area contributed by atoms with Gasteiger partial charge in [0, 0.05) is 12.8 Å². The fraction of sp³-hybridized carbons (Fsp3) is 0.765. The van der Waals surface area contributed by atoms with Gasteiger partial charge in [0.2, 0.25) is 0 Å². The van der Waals surface area contributed by atoms with E-state index < -0.39 is 26.5 Å². The average Bonchev–Trinajstić information content (AvgIpc) is 3.21. The van der Waals surface area contributed by atoms with Crippen molar-refractivity contribution in [1.29, 1.82) is 0 Å². The number of phosphoric acid groups is 1. The highest BCUT2D eigenvalue weighted by molar-refractivity contribution is 7.47. The number of rotatable bonds is 44. The van der Waals surface area contributed by atoms with Gasteiger partial charge in [0.15, 0.2) is 6.10 Å². The Labute approximate surface area is 375 Å². The number of carbonyl (C=O) groups excluding carboxylic acids is 2. The number of esters is 2. The standard InChI is InChI=1S/C51H92NO8P/c1-6-8-10-12-14-16-17-18-19-20-21-22-23-24-25-26-27-28-29-30-31-32-33-34-35-36-38-40-42-44-51(54)60-49(48-59-61(55,56)58-46-45-52(3,4)5)47-57-50(53)43-41-39-37-15-13-11-9-7-2/h8,10,14,16,18-19,21-22,24-25,49H,6-7,9,11-13,15,17,20,23,26-48H2,1-5H3/p+1/b10-8-,16-14-,19-18-,22-21-,25-24-. The Morgan fingerprint density at radius 1 is 0.525 bits per heavy atom. The van der Waals surface area contributed by atoms with Gasteiger partial charge in [-0.3, -0.25) is 18.6 Å². The van der Waals surface area contributed by atoms with Gasteiger partial charge in [-0.1, -0.05) is 190 Å². The molecule has 0 aromatic rings. The first kappa shape index (κ1) is 58.7. The van der Waals surface area contributed by atoms with Crippen LogP contribution in [-0.2, 0) is 32.7 Å². The van der Waals surface area contributed by atoms with Crippen molar-refractivity contribution in [2.45, 2.75) is 206 Å². The molecule has 61 heavy (non-hydrogen) atoms. The van der Waals surface area contributed by atoms with Crippen molar-refractivity contribution < 1.29 is 42.1 Å². The van der Waals surface area contributed by atoms with Crippen LogP contribution in [0.2, 0.25) is 0 Å². The minimum absolute atomic E-state index is 0.0310. The van der Waals surface area contributed by atoms with Gasteiger partial charge in [0.25, 0.3) is 0 Å².